The summed E-state index contributed by atoms with van der Waals surface area (Å²) in [6, 6.07) is 14.4. The van der Waals surface area contributed by atoms with Gasteiger partial charge in [-0.25, -0.2) is 0 Å². The van der Waals surface area contributed by atoms with E-state index in [4.69, 9.17) is 16.3 Å². The van der Waals surface area contributed by atoms with E-state index in [9.17, 15) is 19.6 Å². The first-order valence-electron chi connectivity index (χ1n) is 11.3. The van der Waals surface area contributed by atoms with E-state index < -0.39 is 0 Å². The summed E-state index contributed by atoms with van der Waals surface area (Å²) in [6.07, 6.45) is 0.587. The molecule has 2 heterocycles. The molecule has 1 aliphatic rings. The van der Waals surface area contributed by atoms with Crippen LogP contribution in [0, 0.1) is 18.3 Å². The first-order chi connectivity index (χ1) is 17.9. The third-order valence-corrected chi connectivity index (χ3v) is 7.41. The molecule has 11 heteroatoms. The van der Waals surface area contributed by atoms with Crippen molar-refractivity contribution in [3.05, 3.63) is 74.6 Å². The Morgan fingerprint density at radius 2 is 1.84 bits per heavy atom. The van der Waals surface area contributed by atoms with Gasteiger partial charge in [0.05, 0.1) is 33.3 Å². The largest absolute Gasteiger partial charge is 0.383 e. The second-order valence-corrected chi connectivity index (χ2v) is 9.56. The molecule has 9 nitrogen and oxygen atoms in total. The highest BCUT2D eigenvalue weighted by atomic mass is 35.5. The van der Waals surface area contributed by atoms with Crippen LogP contribution in [0.5, 0.6) is 0 Å². The van der Waals surface area contributed by atoms with E-state index in [1.165, 1.54) is 4.90 Å². The van der Waals surface area contributed by atoms with Gasteiger partial charge in [-0.05, 0) is 42.8 Å². The third-order valence-electron chi connectivity index (χ3n) is 5.91. The number of aldehydes is 1. The molecule has 0 atom stereocenters. The van der Waals surface area contributed by atoms with Gasteiger partial charge in [0.1, 0.15) is 11.6 Å². The van der Waals surface area contributed by atoms with Gasteiger partial charge in [0.25, 0.3) is 11.8 Å². The maximum atomic E-state index is 12.7. The van der Waals surface area contributed by atoms with Crippen LogP contribution in [-0.2, 0) is 4.74 Å². The zero-order valence-corrected chi connectivity index (χ0v) is 21.7. The normalized spacial score (nSPS) is 12.8. The first-order valence-corrected chi connectivity index (χ1v) is 12.5. The number of aryl methyl sites for hydroxylation is 1. The molecule has 4 rings (SSSR count). The van der Waals surface area contributed by atoms with Gasteiger partial charge in [-0.3, -0.25) is 19.3 Å². The molecule has 2 amide bonds. The van der Waals surface area contributed by atoms with Crippen LogP contribution in [-0.4, -0.2) is 56.4 Å². The van der Waals surface area contributed by atoms with Crippen LogP contribution in [0.4, 0.5) is 16.4 Å². The summed E-state index contributed by atoms with van der Waals surface area (Å²) in [6.45, 7) is 3.53. The summed E-state index contributed by atoms with van der Waals surface area (Å²) in [7, 11) is 1.61. The molecule has 188 valence electrons. The Kier molecular flexibility index (Phi) is 8.08. The number of imide groups is 1. The van der Waals surface area contributed by atoms with Gasteiger partial charge in [0, 0.05) is 32.4 Å². The SMILES string of the molecule is COCCN(CCN1C(=O)c2ccccc2C1=O)c1ccc(/N=N/c2sc(C=O)c(Cl)c2C#N)c(C)c1. The maximum Gasteiger partial charge on any atom is 0.261 e. The minimum atomic E-state index is -0.289. The minimum Gasteiger partial charge on any atom is -0.383 e. The van der Waals surface area contributed by atoms with Crippen molar-refractivity contribution in [3.8, 4) is 6.07 Å². The second kappa shape index (κ2) is 11.4. The molecule has 2 aromatic carbocycles. The number of thiophene rings is 1. The van der Waals surface area contributed by atoms with Crippen LogP contribution in [0.3, 0.4) is 0 Å². The standard InChI is InChI=1S/C26H22ClN5O4S/c1-16-13-17(7-8-21(16)29-30-24-20(14-28)23(27)22(15-33)37-24)31(11-12-36-2)9-10-32-25(34)18-5-3-4-6-19(18)26(32)35/h3-8,13,15H,9-12H2,1-2H3/b30-29+. The van der Waals surface area contributed by atoms with Gasteiger partial charge in [-0.1, -0.05) is 23.7 Å². The molecule has 0 saturated heterocycles. The van der Waals surface area contributed by atoms with E-state index in [1.54, 1.807) is 37.4 Å². The summed E-state index contributed by atoms with van der Waals surface area (Å²) in [4.78, 5) is 40.1. The summed E-state index contributed by atoms with van der Waals surface area (Å²) >= 11 is 7.06. The lowest BCUT2D eigenvalue weighted by molar-refractivity contribution is 0.0657. The highest BCUT2D eigenvalue weighted by Crippen LogP contribution is 2.39. The Balaban J connectivity index is 1.52. The van der Waals surface area contributed by atoms with Crippen LogP contribution in [0.2, 0.25) is 5.02 Å². The topological polar surface area (TPSA) is 115 Å². The Morgan fingerprint density at radius 1 is 1.14 bits per heavy atom. The van der Waals surface area contributed by atoms with Crippen molar-refractivity contribution in [1.29, 1.82) is 5.26 Å². The molecule has 0 fully saturated rings. The predicted molar refractivity (Wildman–Crippen MR) is 141 cm³/mol. The maximum absolute atomic E-state index is 12.7. The van der Waals surface area contributed by atoms with Crippen molar-refractivity contribution in [2.45, 2.75) is 6.92 Å². The Hall–Kier alpha value is -3.91. The zero-order chi connectivity index (χ0) is 26.5. The van der Waals surface area contributed by atoms with Crippen molar-refractivity contribution < 1.29 is 19.1 Å². The van der Waals surface area contributed by atoms with Crippen LogP contribution in [0.15, 0.2) is 52.7 Å². The minimum absolute atomic E-state index is 0.0790. The number of anilines is 1. The number of methoxy groups -OCH3 is 1. The predicted octanol–water partition coefficient (Wildman–Crippen LogP) is 5.56. The number of amides is 2. The quantitative estimate of drug-likeness (QED) is 0.191. The lowest BCUT2D eigenvalue weighted by Crippen LogP contribution is -2.39. The van der Waals surface area contributed by atoms with E-state index >= 15 is 0 Å². The van der Waals surface area contributed by atoms with E-state index in [0.29, 0.717) is 42.8 Å². The van der Waals surface area contributed by atoms with Crippen LogP contribution in [0.25, 0.3) is 0 Å². The Labute approximate surface area is 222 Å². The number of ether oxygens (including phenoxy) is 1. The molecule has 37 heavy (non-hydrogen) atoms. The molecular weight excluding hydrogens is 514 g/mol. The van der Waals surface area contributed by atoms with Gasteiger partial charge in [0.2, 0.25) is 0 Å². The molecule has 0 bridgehead atoms. The lowest BCUT2D eigenvalue weighted by atomic mass is 10.1. The third kappa shape index (κ3) is 5.29. The van der Waals surface area contributed by atoms with E-state index in [-0.39, 0.29) is 38.8 Å². The average Bonchev–Trinajstić information content (AvgIpc) is 3.35. The van der Waals surface area contributed by atoms with Gasteiger partial charge in [-0.15, -0.1) is 21.6 Å². The zero-order valence-electron chi connectivity index (χ0n) is 20.1. The fourth-order valence-corrected chi connectivity index (χ4v) is 5.07. The molecule has 1 aromatic heterocycles. The number of rotatable bonds is 10. The molecule has 1 aliphatic heterocycles. The number of nitrogens with zero attached hydrogens (tertiary/aromatic N) is 5. The molecule has 0 saturated carbocycles. The number of halogens is 1. The van der Waals surface area contributed by atoms with Gasteiger partial charge < -0.3 is 9.64 Å². The van der Waals surface area contributed by atoms with E-state index in [2.05, 4.69) is 10.2 Å². The average molecular weight is 536 g/mol. The number of carbonyl (C=O) groups is 3. The number of fused-ring (bicyclic) bond motifs is 1. The van der Waals surface area contributed by atoms with Gasteiger partial charge >= 0.3 is 0 Å². The number of azo groups is 1. The van der Waals surface area contributed by atoms with Crippen molar-refractivity contribution in [2.75, 3.05) is 38.3 Å². The smallest absolute Gasteiger partial charge is 0.261 e. The molecule has 0 aliphatic carbocycles. The van der Waals surface area contributed by atoms with E-state index in [1.807, 2.05) is 30.0 Å². The number of hydrogen-bond acceptors (Lipinski definition) is 9. The Bertz CT molecular complexity index is 1410. The van der Waals surface area contributed by atoms with Crippen LogP contribution >= 0.6 is 22.9 Å². The lowest BCUT2D eigenvalue weighted by Gasteiger charge is -2.27. The fraction of sp³-hybridized carbons (Fsp3) is 0.231. The number of carbonyl (C=O) groups excluding carboxylic acids is 3. The van der Waals surface area contributed by atoms with Crippen LogP contribution < -0.4 is 4.90 Å². The molecule has 0 spiro atoms. The molecule has 0 unspecified atom stereocenters. The van der Waals surface area contributed by atoms with Crippen molar-refractivity contribution in [3.63, 3.8) is 0 Å². The molecule has 0 radical (unpaired) electrons. The highest BCUT2D eigenvalue weighted by Gasteiger charge is 2.35. The fourth-order valence-electron chi connectivity index (χ4n) is 3.94. The van der Waals surface area contributed by atoms with Gasteiger partial charge in [0.15, 0.2) is 11.3 Å². The van der Waals surface area contributed by atoms with Crippen molar-refractivity contribution in [1.82, 2.24) is 4.90 Å². The summed E-state index contributed by atoms with van der Waals surface area (Å²) in [5.41, 5.74) is 3.23. The van der Waals surface area contributed by atoms with Crippen LogP contribution in [0.1, 0.15) is 41.5 Å². The van der Waals surface area contributed by atoms with Crippen molar-refractivity contribution >= 4 is 57.4 Å². The summed E-state index contributed by atoms with van der Waals surface area (Å²) in [5.74, 6) is -0.579. The van der Waals surface area contributed by atoms with Gasteiger partial charge in [-0.2, -0.15) is 5.26 Å². The Morgan fingerprint density at radius 3 is 2.43 bits per heavy atom. The second-order valence-electron chi connectivity index (χ2n) is 8.15. The number of hydrogen-bond donors (Lipinski definition) is 0. The summed E-state index contributed by atoms with van der Waals surface area (Å²) in [5, 5.41) is 18.1. The number of nitriles is 1. The molecule has 0 N–H and O–H groups in total. The van der Waals surface area contributed by atoms with Crippen molar-refractivity contribution in [2.24, 2.45) is 10.2 Å². The highest BCUT2D eigenvalue weighted by molar-refractivity contribution is 7.18. The number of benzene rings is 2. The molecule has 3 aromatic rings. The van der Waals surface area contributed by atoms with E-state index in [0.717, 1.165) is 22.6 Å². The monoisotopic (exact) mass is 535 g/mol. The first kappa shape index (κ1) is 26.2. The molecular formula is C26H22ClN5O4S. The summed E-state index contributed by atoms with van der Waals surface area (Å²) < 4.78 is 5.26.